The fraction of sp³-hybridized carbons (Fsp3) is 0.348. The Morgan fingerprint density at radius 3 is 2.89 bits per heavy atom. The Balaban J connectivity index is 1.52. The van der Waals surface area contributed by atoms with Crippen LogP contribution in [-0.2, 0) is 0 Å². The monoisotopic (exact) mass is 512 g/mol. The molecule has 1 fully saturated rings. The van der Waals surface area contributed by atoms with Crippen LogP contribution in [0, 0.1) is 24.2 Å². The van der Waals surface area contributed by atoms with Gasteiger partial charge < -0.3 is 19.8 Å². The van der Waals surface area contributed by atoms with Gasteiger partial charge in [0.05, 0.1) is 54.1 Å². The lowest BCUT2D eigenvalue weighted by molar-refractivity contribution is 0.0419. The van der Waals surface area contributed by atoms with E-state index in [0.717, 1.165) is 6.20 Å². The van der Waals surface area contributed by atoms with Crippen LogP contribution >= 0.6 is 11.6 Å². The molecule has 0 spiro atoms. The first-order chi connectivity index (χ1) is 17.4. The smallest absolute Gasteiger partial charge is 0.179 e. The van der Waals surface area contributed by atoms with E-state index >= 15 is 0 Å². The normalized spacial score (nSPS) is 18.8. The zero-order valence-corrected chi connectivity index (χ0v) is 19.9. The maximum atomic E-state index is 13.3. The largest absolute Gasteiger partial charge is 0.479 e. The fourth-order valence-corrected chi connectivity index (χ4v) is 4.63. The number of nitrogens with zero attached hydrogens (tertiary/aromatic N) is 8. The van der Waals surface area contributed by atoms with E-state index in [0.29, 0.717) is 51.9 Å². The minimum absolute atomic E-state index is 0.228. The van der Waals surface area contributed by atoms with Crippen LogP contribution in [0.15, 0.2) is 36.8 Å². The minimum atomic E-state index is -0.882. The number of β-amino-alcohol motifs (C(OH)–C–C–N with tert-alkyl or cyclic N) is 1. The van der Waals surface area contributed by atoms with E-state index in [1.54, 1.807) is 16.9 Å². The number of aliphatic hydroxyl groups excluding tert-OH is 2. The number of hydrogen-bond donors (Lipinski definition) is 2. The molecule has 1 aliphatic heterocycles. The van der Waals surface area contributed by atoms with Crippen LogP contribution in [0.4, 0.5) is 4.39 Å². The molecule has 5 heterocycles. The van der Waals surface area contributed by atoms with Gasteiger partial charge in [0.1, 0.15) is 22.8 Å². The van der Waals surface area contributed by atoms with E-state index in [4.69, 9.17) is 21.6 Å². The molecule has 0 aliphatic carbocycles. The van der Waals surface area contributed by atoms with Gasteiger partial charge in [0.2, 0.25) is 0 Å². The van der Waals surface area contributed by atoms with Crippen molar-refractivity contribution >= 4 is 17.1 Å². The third-order valence-corrected chi connectivity index (χ3v) is 6.53. The van der Waals surface area contributed by atoms with Gasteiger partial charge in [0, 0.05) is 18.3 Å². The lowest BCUT2D eigenvalue weighted by Crippen LogP contribution is -2.43. The molecule has 0 bridgehead atoms. The van der Waals surface area contributed by atoms with E-state index in [9.17, 15) is 14.6 Å². The number of ether oxygens (including phenoxy) is 1. The summed E-state index contributed by atoms with van der Waals surface area (Å²) in [6.45, 7) is 2.18. The number of aliphatic hydroxyl groups is 2. The summed E-state index contributed by atoms with van der Waals surface area (Å²) in [6, 6.07) is 4.07. The predicted molar refractivity (Wildman–Crippen MR) is 125 cm³/mol. The first-order valence-electron chi connectivity index (χ1n) is 11.2. The quantitative estimate of drug-likeness (QED) is 0.372. The zero-order chi connectivity index (χ0) is 25.4. The highest BCUT2D eigenvalue weighted by atomic mass is 35.5. The Hall–Kier alpha value is -3.79. The van der Waals surface area contributed by atoms with Crippen LogP contribution in [0.2, 0.25) is 5.02 Å². The predicted octanol–water partition coefficient (Wildman–Crippen LogP) is 2.29. The molecule has 4 aromatic heterocycles. The van der Waals surface area contributed by atoms with Crippen LogP contribution in [0.5, 0.6) is 5.75 Å². The van der Waals surface area contributed by atoms with Crippen molar-refractivity contribution in [1.29, 1.82) is 5.26 Å². The van der Waals surface area contributed by atoms with Gasteiger partial charge in [-0.25, -0.2) is 13.6 Å². The molecule has 0 aromatic carbocycles. The first-order valence-corrected chi connectivity index (χ1v) is 11.6. The lowest BCUT2D eigenvalue weighted by Gasteiger charge is -2.33. The van der Waals surface area contributed by atoms with Gasteiger partial charge in [0.25, 0.3) is 0 Å². The van der Waals surface area contributed by atoms with Crippen LogP contribution in [0.25, 0.3) is 16.8 Å². The molecule has 11 nitrogen and oxygen atoms in total. The van der Waals surface area contributed by atoms with Gasteiger partial charge in [0.15, 0.2) is 12.3 Å². The standard InChI is InChI=1S/C23H22ClFN8O3/c1-13-22(29-30-33(13)18-4-5-31(12-26)10-19(18)35)14-6-20(23-16(24)8-28-32(23)9-14)36-21(11-34)17-3-2-15(25)7-27-17/h2-3,6-9,18-19,21,34-35H,4-5,10-11H2,1H3/t18-,19-,21?/m0/s1. The second kappa shape index (κ2) is 9.69. The summed E-state index contributed by atoms with van der Waals surface area (Å²) in [5, 5.41) is 42.9. The average Bonchev–Trinajstić information content (AvgIpc) is 3.45. The van der Waals surface area contributed by atoms with Gasteiger partial charge in [-0.3, -0.25) is 4.98 Å². The highest BCUT2D eigenvalue weighted by Gasteiger charge is 2.31. The highest BCUT2D eigenvalue weighted by Crippen LogP contribution is 2.35. The van der Waals surface area contributed by atoms with Gasteiger partial charge >= 0.3 is 0 Å². The summed E-state index contributed by atoms with van der Waals surface area (Å²) in [6.07, 6.45) is 5.21. The summed E-state index contributed by atoms with van der Waals surface area (Å²) < 4.78 is 22.6. The minimum Gasteiger partial charge on any atom is -0.479 e. The molecule has 5 rings (SSSR count). The molecule has 1 saturated heterocycles. The van der Waals surface area contributed by atoms with E-state index in [-0.39, 0.29) is 12.6 Å². The molecular weight excluding hydrogens is 491 g/mol. The van der Waals surface area contributed by atoms with Crippen molar-refractivity contribution in [2.45, 2.75) is 31.6 Å². The van der Waals surface area contributed by atoms with Crippen molar-refractivity contribution in [2.24, 2.45) is 0 Å². The number of rotatable bonds is 6. The topological polar surface area (TPSA) is 138 Å². The van der Waals surface area contributed by atoms with Crippen LogP contribution < -0.4 is 4.74 Å². The Morgan fingerprint density at radius 1 is 1.36 bits per heavy atom. The van der Waals surface area contributed by atoms with Crippen molar-refractivity contribution in [3.8, 4) is 23.2 Å². The lowest BCUT2D eigenvalue weighted by atomic mass is 10.0. The number of fused-ring (bicyclic) bond motifs is 1. The zero-order valence-electron chi connectivity index (χ0n) is 19.2. The van der Waals surface area contributed by atoms with E-state index in [1.807, 2.05) is 6.92 Å². The summed E-state index contributed by atoms with van der Waals surface area (Å²) in [4.78, 5) is 5.53. The van der Waals surface area contributed by atoms with Crippen LogP contribution in [-0.4, -0.2) is 70.5 Å². The third-order valence-electron chi connectivity index (χ3n) is 6.25. The Morgan fingerprint density at radius 2 is 2.19 bits per heavy atom. The third kappa shape index (κ3) is 4.32. The molecule has 0 radical (unpaired) electrons. The molecular formula is C23H22ClFN8O3. The molecule has 36 heavy (non-hydrogen) atoms. The van der Waals surface area contributed by atoms with Gasteiger partial charge in [-0.1, -0.05) is 16.8 Å². The van der Waals surface area contributed by atoms with Crippen molar-refractivity contribution in [3.63, 3.8) is 0 Å². The SMILES string of the molecule is Cc1c(-c2cc(OC(CO)c3ccc(F)cn3)c3c(Cl)cnn3c2)nnn1[C@H]1CCN(C#N)C[C@@H]1O. The summed E-state index contributed by atoms with van der Waals surface area (Å²) in [7, 11) is 0. The number of hydrogen-bond acceptors (Lipinski definition) is 9. The number of halogens is 2. The van der Waals surface area contributed by atoms with Crippen molar-refractivity contribution in [3.05, 3.63) is 59.0 Å². The van der Waals surface area contributed by atoms with E-state index < -0.39 is 24.6 Å². The summed E-state index contributed by atoms with van der Waals surface area (Å²) in [5.74, 6) is -0.183. The number of pyridine rings is 2. The van der Waals surface area contributed by atoms with Gasteiger partial charge in [-0.15, -0.1) is 5.10 Å². The Kier molecular flexibility index (Phi) is 6.44. The second-order valence-corrected chi connectivity index (χ2v) is 8.91. The highest BCUT2D eigenvalue weighted by molar-refractivity contribution is 6.34. The molecule has 1 aliphatic rings. The van der Waals surface area contributed by atoms with E-state index in [1.165, 1.54) is 27.7 Å². The summed E-state index contributed by atoms with van der Waals surface area (Å²) in [5.41, 5.74) is 2.70. The molecule has 3 atom stereocenters. The maximum Gasteiger partial charge on any atom is 0.179 e. The second-order valence-electron chi connectivity index (χ2n) is 8.51. The Labute approximate surface area is 209 Å². The van der Waals surface area contributed by atoms with Crippen molar-refractivity contribution in [1.82, 2.24) is 34.5 Å². The van der Waals surface area contributed by atoms with Crippen LogP contribution in [0.1, 0.15) is 30.0 Å². The van der Waals surface area contributed by atoms with Crippen LogP contribution in [0.3, 0.4) is 0 Å². The number of likely N-dealkylation sites (tertiary alicyclic amines) is 1. The number of aromatic nitrogens is 6. The molecule has 4 aromatic rings. The van der Waals surface area contributed by atoms with Gasteiger partial charge in [-0.2, -0.15) is 10.4 Å². The molecule has 1 unspecified atom stereocenters. The number of nitriles is 1. The van der Waals surface area contributed by atoms with Crippen molar-refractivity contribution < 1.29 is 19.3 Å². The first kappa shape index (κ1) is 23.9. The molecule has 0 saturated carbocycles. The maximum absolute atomic E-state index is 13.3. The average molecular weight is 513 g/mol. The molecule has 13 heteroatoms. The fourth-order valence-electron chi connectivity index (χ4n) is 4.41. The molecule has 0 amide bonds. The van der Waals surface area contributed by atoms with E-state index in [2.05, 4.69) is 26.6 Å². The van der Waals surface area contributed by atoms with Gasteiger partial charge in [-0.05, 0) is 31.5 Å². The molecule has 186 valence electrons. The summed E-state index contributed by atoms with van der Waals surface area (Å²) >= 11 is 6.37. The molecule has 2 N–H and O–H groups in total. The Bertz CT molecular complexity index is 1430. The van der Waals surface area contributed by atoms with Crippen molar-refractivity contribution in [2.75, 3.05) is 19.7 Å². The number of piperidine rings is 1.